The predicted octanol–water partition coefficient (Wildman–Crippen LogP) is 7.27. The molecular formula is C75H133N9O20. The van der Waals surface area contributed by atoms with Gasteiger partial charge >= 0.3 is 6.09 Å². The van der Waals surface area contributed by atoms with Crippen molar-refractivity contribution >= 4 is 53.4 Å². The second-order valence-corrected chi connectivity index (χ2v) is 25.7. The van der Waals surface area contributed by atoms with Crippen LogP contribution in [0.4, 0.5) is 4.79 Å². The first-order chi connectivity index (χ1) is 50.5. The van der Waals surface area contributed by atoms with Gasteiger partial charge in [0.1, 0.15) is 24.7 Å². The number of carbonyl (C=O) groups is 9. The van der Waals surface area contributed by atoms with E-state index in [1.165, 1.54) is 142 Å². The summed E-state index contributed by atoms with van der Waals surface area (Å²) in [6.07, 6.45) is 30.6. The van der Waals surface area contributed by atoms with E-state index in [0.717, 1.165) is 42.7 Å². The molecule has 0 bridgehead atoms. The number of hydrazine groups is 1. The third kappa shape index (κ3) is 57.9. The molecule has 4 atom stereocenters. The standard InChI is InChI=1S/C75H133N9O20/c1-5-7-9-11-13-15-17-19-21-23-25-30-40-103-61-65(104-41-31-26-24-22-20-18-16-14-12-10-8-6-2)58-79-69(87)35-34-66(72(77)90)81-70(88)38-42-95-44-46-97-48-50-99-52-54-101-56-57-102-55-53-100-51-49-98-47-45-96-43-39-78-68(86)36-37-71(89)84(60-67(76)85)82-73(91)62(3)80-74(92)63(4)83(75(93)94)59-64-32-28-27-29-33-64/h27-29,32-33,36-37,62-63,65-66H,5-26,30-31,34-35,38-61H2,1-4H3,(H2,76,85)(H2,77,90)(H,78,86)(H,79,87)(H,80,92)(H,81,88)(H,82,91)(H,93,94)/t62-,63-,65?,66-/m0/s1. The summed E-state index contributed by atoms with van der Waals surface area (Å²) in [7, 11) is 0. The van der Waals surface area contributed by atoms with Gasteiger partial charge in [0.25, 0.3) is 11.8 Å². The van der Waals surface area contributed by atoms with E-state index < -0.39 is 72.1 Å². The van der Waals surface area contributed by atoms with Gasteiger partial charge in [0.15, 0.2) is 0 Å². The van der Waals surface area contributed by atoms with Crippen LogP contribution < -0.4 is 38.2 Å². The summed E-state index contributed by atoms with van der Waals surface area (Å²) in [5.74, 6) is -5.74. The summed E-state index contributed by atoms with van der Waals surface area (Å²) >= 11 is 0. The fourth-order valence-corrected chi connectivity index (χ4v) is 10.4. The normalized spacial score (nSPS) is 12.5. The number of carboxylic acid groups (broad SMARTS) is 1. The largest absolute Gasteiger partial charge is 0.465 e. The van der Waals surface area contributed by atoms with Crippen LogP contribution in [0.1, 0.15) is 207 Å². The summed E-state index contributed by atoms with van der Waals surface area (Å²) < 4.78 is 56.4. The molecule has 0 aliphatic carbocycles. The van der Waals surface area contributed by atoms with Crippen molar-refractivity contribution in [3.63, 3.8) is 0 Å². The van der Waals surface area contributed by atoms with Gasteiger partial charge in [0, 0.05) is 57.8 Å². The summed E-state index contributed by atoms with van der Waals surface area (Å²) in [4.78, 5) is 113. The molecular weight excluding hydrogens is 1350 g/mol. The second-order valence-electron chi connectivity index (χ2n) is 25.7. The fraction of sp³-hybridized carbons (Fsp3) is 0.773. The van der Waals surface area contributed by atoms with Crippen molar-refractivity contribution in [3.05, 3.63) is 48.0 Å². The van der Waals surface area contributed by atoms with Crippen LogP contribution in [-0.4, -0.2) is 238 Å². The van der Waals surface area contributed by atoms with Crippen molar-refractivity contribution in [2.45, 2.75) is 232 Å². The number of nitrogens with two attached hydrogens (primary N) is 2. The topological polar surface area (TPSA) is 385 Å². The number of nitrogens with zero attached hydrogens (tertiary/aromatic N) is 2. The highest BCUT2D eigenvalue weighted by Crippen LogP contribution is 2.15. The monoisotopic (exact) mass is 1480 g/mol. The van der Waals surface area contributed by atoms with Crippen LogP contribution in [0.5, 0.6) is 0 Å². The molecule has 598 valence electrons. The SMILES string of the molecule is CCCCCCCCCCCCCCOCC(CNC(=O)CC[C@H](NC(=O)CCOCCOCCOCCOCCOCCOCCOCCOCCNC(=O)C=CC(=O)N(CC(N)=O)NC(=O)[C@H](C)NC(=O)[C@H](C)N(Cc1ccccc1)C(=O)O)C(N)=O)OCCCCCCCCCCCCCC. The smallest absolute Gasteiger partial charge is 0.408 e. The number of ether oxygens (including phenoxy) is 10. The molecule has 29 nitrogen and oxygen atoms in total. The Morgan fingerprint density at radius 2 is 0.923 bits per heavy atom. The summed E-state index contributed by atoms with van der Waals surface area (Å²) in [5.41, 5.74) is 13.7. The number of hydrogen-bond donors (Lipinski definition) is 8. The molecule has 1 unspecified atom stereocenters. The van der Waals surface area contributed by atoms with E-state index in [-0.39, 0.29) is 83.9 Å². The minimum atomic E-state index is -1.36. The van der Waals surface area contributed by atoms with E-state index in [2.05, 4.69) is 40.5 Å². The molecule has 0 fully saturated rings. The number of benzene rings is 1. The molecule has 29 heteroatoms. The zero-order valence-electron chi connectivity index (χ0n) is 63.5. The summed E-state index contributed by atoms with van der Waals surface area (Å²) in [6, 6.07) is 5.13. The van der Waals surface area contributed by atoms with Gasteiger partial charge in [-0.15, -0.1) is 0 Å². The number of amides is 9. The van der Waals surface area contributed by atoms with Crippen LogP contribution in [0, 0.1) is 0 Å². The Morgan fingerprint density at radius 1 is 0.481 bits per heavy atom. The first-order valence-corrected chi connectivity index (χ1v) is 38.3. The van der Waals surface area contributed by atoms with Crippen LogP contribution in [0.15, 0.2) is 42.5 Å². The van der Waals surface area contributed by atoms with Gasteiger partial charge in [-0.25, -0.2) is 9.80 Å². The maximum Gasteiger partial charge on any atom is 0.408 e. The lowest BCUT2D eigenvalue weighted by molar-refractivity contribution is -0.142. The molecule has 10 N–H and O–H groups in total. The molecule has 0 saturated carbocycles. The van der Waals surface area contributed by atoms with Crippen molar-refractivity contribution in [3.8, 4) is 0 Å². The second kappa shape index (κ2) is 68.4. The maximum atomic E-state index is 13.0. The lowest BCUT2D eigenvalue weighted by atomic mass is 10.1. The van der Waals surface area contributed by atoms with E-state index in [4.69, 9.17) is 58.8 Å². The average Bonchev–Trinajstić information content (AvgIpc) is 0.874. The average molecular weight is 1480 g/mol. The van der Waals surface area contributed by atoms with E-state index in [1.54, 1.807) is 30.3 Å². The van der Waals surface area contributed by atoms with E-state index in [1.807, 2.05) is 0 Å². The quantitative estimate of drug-likeness (QED) is 0.0180. The van der Waals surface area contributed by atoms with Gasteiger partial charge in [-0.05, 0) is 38.7 Å². The molecule has 0 aliphatic heterocycles. The first kappa shape index (κ1) is 95.6. The Hall–Kier alpha value is -6.41. The Balaban J connectivity index is 2.12. The highest BCUT2D eigenvalue weighted by Gasteiger charge is 2.29. The number of primary amides is 2. The third-order valence-electron chi connectivity index (χ3n) is 16.5. The molecule has 0 aliphatic rings. The van der Waals surface area contributed by atoms with Crippen LogP contribution >= 0.6 is 0 Å². The molecule has 9 amide bonds. The van der Waals surface area contributed by atoms with E-state index in [9.17, 15) is 48.3 Å². The van der Waals surface area contributed by atoms with Crippen molar-refractivity contribution in [2.75, 3.05) is 145 Å². The summed E-state index contributed by atoms with van der Waals surface area (Å²) in [5, 5.41) is 20.8. The van der Waals surface area contributed by atoms with Gasteiger partial charge < -0.3 is 85.2 Å². The zero-order valence-corrected chi connectivity index (χ0v) is 63.5. The van der Waals surface area contributed by atoms with Gasteiger partial charge in [-0.3, -0.25) is 48.7 Å². The van der Waals surface area contributed by atoms with Crippen molar-refractivity contribution in [1.29, 1.82) is 0 Å². The Labute approximate surface area is 619 Å². The van der Waals surface area contributed by atoms with Gasteiger partial charge in [-0.1, -0.05) is 185 Å². The van der Waals surface area contributed by atoms with E-state index >= 15 is 0 Å². The Morgan fingerprint density at radius 3 is 1.38 bits per heavy atom. The van der Waals surface area contributed by atoms with Gasteiger partial charge in [-0.2, -0.15) is 0 Å². The molecule has 0 heterocycles. The summed E-state index contributed by atoms with van der Waals surface area (Å²) in [6.45, 7) is 13.2. The maximum absolute atomic E-state index is 13.0. The van der Waals surface area contributed by atoms with Crippen LogP contribution in [0.3, 0.4) is 0 Å². The number of unbranched alkanes of at least 4 members (excludes halogenated alkanes) is 22. The van der Waals surface area contributed by atoms with Crippen molar-refractivity contribution < 1.29 is 95.6 Å². The predicted molar refractivity (Wildman–Crippen MR) is 396 cm³/mol. The highest BCUT2D eigenvalue weighted by atomic mass is 16.6. The van der Waals surface area contributed by atoms with Crippen LogP contribution in [0.25, 0.3) is 0 Å². The molecule has 0 radical (unpaired) electrons. The van der Waals surface area contributed by atoms with E-state index in [0.29, 0.717) is 103 Å². The van der Waals surface area contributed by atoms with Crippen LogP contribution in [-0.2, 0) is 92.3 Å². The minimum Gasteiger partial charge on any atom is -0.465 e. The highest BCUT2D eigenvalue weighted by molar-refractivity contribution is 5.99. The van der Waals surface area contributed by atoms with Crippen molar-refractivity contribution in [1.82, 2.24) is 36.6 Å². The van der Waals surface area contributed by atoms with Crippen LogP contribution in [0.2, 0.25) is 0 Å². The van der Waals surface area contributed by atoms with Crippen molar-refractivity contribution in [2.24, 2.45) is 11.5 Å². The first-order valence-electron chi connectivity index (χ1n) is 38.3. The molecule has 0 saturated heterocycles. The number of nitrogens with one attached hydrogen (secondary N) is 5. The Bertz CT molecular complexity index is 2400. The Kier molecular flexibility index (Phi) is 62.9. The molecule has 1 aromatic carbocycles. The number of carbonyl (C=O) groups excluding carboxylic acids is 8. The molecule has 104 heavy (non-hydrogen) atoms. The van der Waals surface area contributed by atoms with Gasteiger partial charge in [0.2, 0.25) is 35.4 Å². The molecule has 0 aromatic heterocycles. The lowest BCUT2D eigenvalue weighted by Gasteiger charge is -2.27. The number of hydrogen-bond acceptors (Lipinski definition) is 19. The molecule has 0 spiro atoms. The molecule has 1 aromatic rings. The third-order valence-corrected chi connectivity index (χ3v) is 16.5. The number of rotatable bonds is 73. The minimum absolute atomic E-state index is 0.000305. The molecule has 1 rings (SSSR count). The lowest BCUT2D eigenvalue weighted by Crippen LogP contribution is -2.57. The zero-order chi connectivity index (χ0) is 76.1. The van der Waals surface area contributed by atoms with Gasteiger partial charge in [0.05, 0.1) is 118 Å². The fourth-order valence-electron chi connectivity index (χ4n) is 10.4.